The number of pyridine rings is 1. The molecule has 0 N–H and O–H groups in total. The lowest BCUT2D eigenvalue weighted by Gasteiger charge is -2.13. The van der Waals surface area contributed by atoms with Crippen molar-refractivity contribution in [1.29, 1.82) is 0 Å². The van der Waals surface area contributed by atoms with Crippen LogP contribution in [0.3, 0.4) is 0 Å². The number of nitro benzene ring substituents is 1. The Bertz CT molecular complexity index is 661. The monoisotopic (exact) mass is 246 g/mol. The molecule has 0 aliphatic heterocycles. The highest BCUT2D eigenvalue weighted by atomic mass is 16.6. The Morgan fingerprint density at radius 2 is 2.06 bits per heavy atom. The highest BCUT2D eigenvalue weighted by Gasteiger charge is 2.15. The van der Waals surface area contributed by atoms with Crippen LogP contribution in [0.4, 0.5) is 5.69 Å². The summed E-state index contributed by atoms with van der Waals surface area (Å²) in [5, 5.41) is 11.7. The van der Waals surface area contributed by atoms with E-state index < -0.39 is 4.92 Å². The first-order valence-electron chi connectivity index (χ1n) is 5.84. The van der Waals surface area contributed by atoms with Gasteiger partial charge in [0.1, 0.15) is 0 Å². The fourth-order valence-corrected chi connectivity index (χ4v) is 1.98. The zero-order valence-electron chi connectivity index (χ0n) is 10.3. The number of non-ortho nitro benzene ring substituents is 1. The van der Waals surface area contributed by atoms with E-state index in [4.69, 9.17) is 0 Å². The number of hydrogen-bond acceptors (Lipinski definition) is 3. The topological polar surface area (TPSA) is 65.1 Å². The second-order valence-corrected chi connectivity index (χ2v) is 4.28. The Kier molecular flexibility index (Phi) is 3.14. The first kappa shape index (κ1) is 12.3. The summed E-state index contributed by atoms with van der Waals surface area (Å²) in [6.45, 7) is 3.94. The Hall–Kier alpha value is -2.17. The largest absolute Gasteiger partial charge is 0.312 e. The van der Waals surface area contributed by atoms with Crippen LogP contribution in [0.15, 0.2) is 35.3 Å². The van der Waals surface area contributed by atoms with Gasteiger partial charge in [-0.15, -0.1) is 0 Å². The SMILES string of the molecule is CC[C@@H](C)n1ccc2c([N+](=O)[O-])cccc2c1=O. The quantitative estimate of drug-likeness (QED) is 0.617. The van der Waals surface area contributed by atoms with E-state index in [2.05, 4.69) is 0 Å². The minimum atomic E-state index is -0.463. The molecule has 0 unspecified atom stereocenters. The summed E-state index contributed by atoms with van der Waals surface area (Å²) in [5.74, 6) is 0. The van der Waals surface area contributed by atoms with Crippen molar-refractivity contribution in [2.45, 2.75) is 26.3 Å². The number of hydrogen-bond donors (Lipinski definition) is 0. The molecule has 0 fully saturated rings. The smallest absolute Gasteiger partial charge is 0.277 e. The molecule has 94 valence electrons. The van der Waals surface area contributed by atoms with Crippen LogP contribution < -0.4 is 5.56 Å². The van der Waals surface area contributed by atoms with Crippen molar-refractivity contribution in [3.05, 3.63) is 50.9 Å². The van der Waals surface area contributed by atoms with Crippen molar-refractivity contribution in [2.75, 3.05) is 0 Å². The Morgan fingerprint density at radius 1 is 1.33 bits per heavy atom. The van der Waals surface area contributed by atoms with Crippen molar-refractivity contribution in [2.24, 2.45) is 0 Å². The van der Waals surface area contributed by atoms with Gasteiger partial charge in [0.05, 0.1) is 15.7 Å². The average molecular weight is 246 g/mol. The first-order valence-corrected chi connectivity index (χ1v) is 5.84. The van der Waals surface area contributed by atoms with Crippen LogP contribution in [0.2, 0.25) is 0 Å². The number of nitrogens with zero attached hydrogens (tertiary/aromatic N) is 2. The van der Waals surface area contributed by atoms with Crippen LogP contribution in [-0.2, 0) is 0 Å². The van der Waals surface area contributed by atoms with E-state index in [1.54, 1.807) is 29.0 Å². The number of fused-ring (bicyclic) bond motifs is 1. The van der Waals surface area contributed by atoms with E-state index in [-0.39, 0.29) is 17.3 Å². The zero-order valence-corrected chi connectivity index (χ0v) is 10.3. The molecule has 0 saturated carbocycles. The molecule has 0 radical (unpaired) electrons. The number of benzene rings is 1. The molecular weight excluding hydrogens is 232 g/mol. The van der Waals surface area contributed by atoms with E-state index >= 15 is 0 Å². The second kappa shape index (κ2) is 4.60. The predicted molar refractivity (Wildman–Crippen MR) is 69.9 cm³/mol. The van der Waals surface area contributed by atoms with Gasteiger partial charge in [-0.25, -0.2) is 0 Å². The summed E-state index contributed by atoms with van der Waals surface area (Å²) in [5.41, 5.74) is -0.202. The summed E-state index contributed by atoms with van der Waals surface area (Å²) < 4.78 is 1.62. The average Bonchev–Trinajstić information content (AvgIpc) is 2.37. The van der Waals surface area contributed by atoms with E-state index in [0.29, 0.717) is 10.8 Å². The lowest BCUT2D eigenvalue weighted by atomic mass is 10.1. The predicted octanol–water partition coefficient (Wildman–Crippen LogP) is 2.88. The molecule has 1 heterocycles. The van der Waals surface area contributed by atoms with Gasteiger partial charge in [-0.1, -0.05) is 13.0 Å². The van der Waals surface area contributed by atoms with Crippen molar-refractivity contribution >= 4 is 16.5 Å². The molecule has 0 amide bonds. The van der Waals surface area contributed by atoms with E-state index in [0.717, 1.165) is 6.42 Å². The molecule has 0 bridgehead atoms. The lowest BCUT2D eigenvalue weighted by molar-refractivity contribution is -0.383. The van der Waals surface area contributed by atoms with Gasteiger partial charge in [-0.2, -0.15) is 0 Å². The molecule has 1 aromatic carbocycles. The molecule has 1 atom stereocenters. The maximum Gasteiger partial charge on any atom is 0.277 e. The molecular formula is C13H14N2O3. The molecule has 18 heavy (non-hydrogen) atoms. The van der Waals surface area contributed by atoms with Gasteiger partial charge in [0.25, 0.3) is 11.2 Å². The minimum absolute atomic E-state index is 0.0269. The van der Waals surface area contributed by atoms with Gasteiger partial charge in [0, 0.05) is 18.3 Å². The third kappa shape index (κ3) is 1.88. The molecule has 2 aromatic rings. The Balaban J connectivity index is 2.78. The third-order valence-corrected chi connectivity index (χ3v) is 3.21. The summed E-state index contributed by atoms with van der Waals surface area (Å²) in [7, 11) is 0. The maximum absolute atomic E-state index is 12.2. The molecule has 5 nitrogen and oxygen atoms in total. The minimum Gasteiger partial charge on any atom is -0.312 e. The van der Waals surface area contributed by atoms with Gasteiger partial charge in [-0.05, 0) is 25.5 Å². The van der Waals surface area contributed by atoms with Gasteiger partial charge in [-0.3, -0.25) is 14.9 Å². The second-order valence-electron chi connectivity index (χ2n) is 4.28. The molecule has 0 saturated heterocycles. The number of aromatic nitrogens is 1. The molecule has 0 spiro atoms. The van der Waals surface area contributed by atoms with Crippen LogP contribution >= 0.6 is 0 Å². The van der Waals surface area contributed by atoms with Crippen molar-refractivity contribution in [3.8, 4) is 0 Å². The van der Waals surface area contributed by atoms with Crippen LogP contribution in [0.25, 0.3) is 10.8 Å². The van der Waals surface area contributed by atoms with Gasteiger partial charge in [0.2, 0.25) is 0 Å². The highest BCUT2D eigenvalue weighted by Crippen LogP contribution is 2.23. The summed E-state index contributed by atoms with van der Waals surface area (Å²) >= 11 is 0. The first-order chi connectivity index (χ1) is 8.56. The van der Waals surface area contributed by atoms with Crippen LogP contribution in [0.5, 0.6) is 0 Å². The fourth-order valence-electron chi connectivity index (χ4n) is 1.98. The Labute approximate surface area is 104 Å². The number of nitro groups is 1. The van der Waals surface area contributed by atoms with E-state index in [1.165, 1.54) is 6.07 Å². The van der Waals surface area contributed by atoms with Crippen LogP contribution in [0, 0.1) is 10.1 Å². The van der Waals surface area contributed by atoms with Crippen molar-refractivity contribution in [1.82, 2.24) is 4.57 Å². The standard InChI is InChI=1S/C13H14N2O3/c1-3-9(2)14-8-7-10-11(13(14)16)5-4-6-12(10)15(17)18/h4-9H,3H2,1-2H3/t9-/m1/s1. The van der Waals surface area contributed by atoms with Crippen LogP contribution in [0.1, 0.15) is 26.3 Å². The lowest BCUT2D eigenvalue weighted by Crippen LogP contribution is -2.22. The van der Waals surface area contributed by atoms with E-state index in [1.807, 2.05) is 13.8 Å². The fraction of sp³-hybridized carbons (Fsp3) is 0.308. The van der Waals surface area contributed by atoms with Crippen LogP contribution in [-0.4, -0.2) is 9.49 Å². The Morgan fingerprint density at radius 3 is 2.67 bits per heavy atom. The highest BCUT2D eigenvalue weighted by molar-refractivity contribution is 5.89. The van der Waals surface area contributed by atoms with Gasteiger partial charge < -0.3 is 4.57 Å². The third-order valence-electron chi connectivity index (χ3n) is 3.21. The summed E-state index contributed by atoms with van der Waals surface area (Å²) in [4.78, 5) is 22.7. The normalized spacial score (nSPS) is 12.6. The summed E-state index contributed by atoms with van der Waals surface area (Å²) in [6.07, 6.45) is 2.46. The maximum atomic E-state index is 12.2. The van der Waals surface area contributed by atoms with E-state index in [9.17, 15) is 14.9 Å². The zero-order chi connectivity index (χ0) is 13.3. The number of rotatable bonds is 3. The molecule has 1 aromatic heterocycles. The van der Waals surface area contributed by atoms with Crippen molar-refractivity contribution in [3.63, 3.8) is 0 Å². The molecule has 0 aliphatic carbocycles. The molecule has 5 heteroatoms. The molecule has 0 aliphatic rings. The molecule has 2 rings (SSSR count). The van der Waals surface area contributed by atoms with Crippen molar-refractivity contribution < 1.29 is 4.92 Å². The van der Waals surface area contributed by atoms with Gasteiger partial charge >= 0.3 is 0 Å². The summed E-state index contributed by atoms with van der Waals surface area (Å²) in [6, 6.07) is 6.31. The van der Waals surface area contributed by atoms with Gasteiger partial charge in [0.15, 0.2) is 0 Å².